The molecule has 0 saturated carbocycles. The van der Waals surface area contributed by atoms with Gasteiger partial charge in [0.05, 0.1) is 17.8 Å². The fraction of sp³-hybridized carbons (Fsp3) is 0.533. The van der Waals surface area contributed by atoms with E-state index in [0.717, 1.165) is 36.9 Å². The fourth-order valence-electron chi connectivity index (χ4n) is 2.57. The molecule has 1 atom stereocenters. The minimum Gasteiger partial charge on any atom is -0.467 e. The smallest absolute Gasteiger partial charge is 0.338 e. The van der Waals surface area contributed by atoms with E-state index < -0.39 is 11.6 Å². The summed E-state index contributed by atoms with van der Waals surface area (Å²) < 4.78 is 4.62. The van der Waals surface area contributed by atoms with E-state index in [1.165, 1.54) is 14.0 Å². The molecule has 6 heteroatoms. The molecule has 0 amide bonds. The van der Waals surface area contributed by atoms with Crippen LogP contribution >= 0.6 is 11.6 Å². The molecule has 116 valence electrons. The van der Waals surface area contributed by atoms with Crippen molar-refractivity contribution in [1.82, 2.24) is 4.90 Å². The Kier molecular flexibility index (Phi) is 5.08. The van der Waals surface area contributed by atoms with Crippen molar-refractivity contribution in [1.29, 1.82) is 0 Å². The molecular formula is C15H21ClN2O3. The Morgan fingerprint density at radius 1 is 1.33 bits per heavy atom. The second-order valence-corrected chi connectivity index (χ2v) is 5.89. The lowest BCUT2D eigenvalue weighted by Gasteiger charge is -2.38. The highest BCUT2D eigenvalue weighted by Crippen LogP contribution is 2.26. The number of rotatable bonds is 4. The maximum Gasteiger partial charge on any atom is 0.338 e. The number of piperazine rings is 1. The van der Waals surface area contributed by atoms with E-state index in [4.69, 9.17) is 11.6 Å². The number of methoxy groups -OCH3 is 1. The number of anilines is 1. The van der Waals surface area contributed by atoms with Crippen molar-refractivity contribution in [2.24, 2.45) is 0 Å². The van der Waals surface area contributed by atoms with Crippen LogP contribution in [-0.4, -0.2) is 61.4 Å². The second-order valence-electron chi connectivity index (χ2n) is 5.48. The number of carbonyl (C=O) groups excluding carboxylic acids is 1. The van der Waals surface area contributed by atoms with Crippen LogP contribution in [0.1, 0.15) is 6.92 Å². The number of hydrogen-bond acceptors (Lipinski definition) is 5. The number of halogens is 1. The summed E-state index contributed by atoms with van der Waals surface area (Å²) in [6.07, 6.45) is 0. The van der Waals surface area contributed by atoms with Gasteiger partial charge in [0.15, 0.2) is 5.60 Å². The van der Waals surface area contributed by atoms with Crippen molar-refractivity contribution >= 4 is 23.3 Å². The number of aliphatic hydroxyl groups is 1. The molecule has 1 aromatic rings. The first-order chi connectivity index (χ1) is 9.94. The van der Waals surface area contributed by atoms with Crippen LogP contribution in [-0.2, 0) is 9.53 Å². The molecule has 1 aliphatic heterocycles. The lowest BCUT2D eigenvalue weighted by Crippen LogP contribution is -2.54. The number of ether oxygens (including phenoxy) is 1. The molecule has 1 heterocycles. The first-order valence-corrected chi connectivity index (χ1v) is 7.34. The van der Waals surface area contributed by atoms with Crippen molar-refractivity contribution in [2.75, 3.05) is 44.7 Å². The maximum atomic E-state index is 11.5. The van der Waals surface area contributed by atoms with Gasteiger partial charge in [0.25, 0.3) is 0 Å². The van der Waals surface area contributed by atoms with Gasteiger partial charge in [-0.2, -0.15) is 0 Å². The average Bonchev–Trinajstić information content (AvgIpc) is 2.47. The summed E-state index contributed by atoms with van der Waals surface area (Å²) in [6, 6.07) is 7.76. The lowest BCUT2D eigenvalue weighted by molar-refractivity contribution is -0.162. The van der Waals surface area contributed by atoms with Gasteiger partial charge >= 0.3 is 5.97 Å². The number of benzene rings is 1. The van der Waals surface area contributed by atoms with E-state index >= 15 is 0 Å². The van der Waals surface area contributed by atoms with Crippen molar-refractivity contribution < 1.29 is 14.6 Å². The van der Waals surface area contributed by atoms with Crippen LogP contribution in [0.5, 0.6) is 0 Å². The zero-order chi connectivity index (χ0) is 15.5. The predicted molar refractivity (Wildman–Crippen MR) is 82.7 cm³/mol. The Morgan fingerprint density at radius 3 is 2.52 bits per heavy atom. The maximum absolute atomic E-state index is 11.5. The topological polar surface area (TPSA) is 53.0 Å². The molecule has 2 rings (SSSR count). The minimum absolute atomic E-state index is 0.274. The molecule has 0 spiro atoms. The Morgan fingerprint density at radius 2 is 1.95 bits per heavy atom. The standard InChI is InChI=1S/C15H21ClN2O3/c1-15(20,14(19)21-2)11-17-7-9-18(10-8-17)13-6-4-3-5-12(13)16/h3-6,20H,7-11H2,1-2H3. The molecule has 5 nitrogen and oxygen atoms in total. The van der Waals surface area contributed by atoms with Crippen molar-refractivity contribution in [3.63, 3.8) is 0 Å². The minimum atomic E-state index is -1.47. The zero-order valence-electron chi connectivity index (χ0n) is 12.4. The molecule has 21 heavy (non-hydrogen) atoms. The van der Waals surface area contributed by atoms with Gasteiger partial charge in [-0.1, -0.05) is 23.7 Å². The van der Waals surface area contributed by atoms with Crippen molar-refractivity contribution in [3.05, 3.63) is 29.3 Å². The zero-order valence-corrected chi connectivity index (χ0v) is 13.1. The van der Waals surface area contributed by atoms with Crippen molar-refractivity contribution in [2.45, 2.75) is 12.5 Å². The first-order valence-electron chi connectivity index (χ1n) is 6.96. The van der Waals surface area contributed by atoms with Crippen LogP contribution in [0, 0.1) is 0 Å². The van der Waals surface area contributed by atoms with Crippen LogP contribution in [0.3, 0.4) is 0 Å². The van der Waals surface area contributed by atoms with Gasteiger partial charge in [-0.3, -0.25) is 4.90 Å². The highest BCUT2D eigenvalue weighted by atomic mass is 35.5. The van der Waals surface area contributed by atoms with Gasteiger partial charge in [0.2, 0.25) is 0 Å². The summed E-state index contributed by atoms with van der Waals surface area (Å²) in [6.45, 7) is 4.90. The van der Waals surface area contributed by atoms with Gasteiger partial charge in [0.1, 0.15) is 0 Å². The van der Waals surface area contributed by atoms with Gasteiger partial charge in [-0.05, 0) is 19.1 Å². The predicted octanol–water partition coefficient (Wildman–Crippen LogP) is 1.39. The van der Waals surface area contributed by atoms with Crippen molar-refractivity contribution in [3.8, 4) is 0 Å². The van der Waals surface area contributed by atoms with E-state index in [2.05, 4.69) is 14.5 Å². The van der Waals surface area contributed by atoms with E-state index in [1.807, 2.05) is 24.3 Å². The molecule has 1 saturated heterocycles. The van der Waals surface area contributed by atoms with E-state index in [9.17, 15) is 9.90 Å². The Labute approximate surface area is 130 Å². The molecule has 0 bridgehead atoms. The molecule has 1 aliphatic rings. The Balaban J connectivity index is 1.92. The summed E-state index contributed by atoms with van der Waals surface area (Å²) in [5.41, 5.74) is -0.444. The quantitative estimate of drug-likeness (QED) is 0.852. The summed E-state index contributed by atoms with van der Waals surface area (Å²) in [4.78, 5) is 15.8. The monoisotopic (exact) mass is 312 g/mol. The summed E-state index contributed by atoms with van der Waals surface area (Å²) in [5.74, 6) is -0.601. The van der Waals surface area contributed by atoms with Crippen LogP contribution in [0.25, 0.3) is 0 Å². The van der Waals surface area contributed by atoms with Gasteiger partial charge in [0, 0.05) is 32.7 Å². The lowest BCUT2D eigenvalue weighted by atomic mass is 10.1. The average molecular weight is 313 g/mol. The van der Waals surface area contributed by atoms with Gasteiger partial charge in [-0.15, -0.1) is 0 Å². The van der Waals surface area contributed by atoms with Crippen LogP contribution in [0.2, 0.25) is 5.02 Å². The largest absolute Gasteiger partial charge is 0.467 e. The fourth-order valence-corrected chi connectivity index (χ4v) is 2.83. The Hall–Kier alpha value is -1.30. The third-order valence-corrected chi connectivity index (χ3v) is 4.04. The first kappa shape index (κ1) is 16.1. The third-order valence-electron chi connectivity index (χ3n) is 3.72. The molecule has 0 radical (unpaired) electrons. The van der Waals surface area contributed by atoms with Gasteiger partial charge < -0.3 is 14.7 Å². The number of nitrogens with zero attached hydrogens (tertiary/aromatic N) is 2. The molecule has 1 N–H and O–H groups in total. The molecule has 1 aromatic carbocycles. The molecule has 1 fully saturated rings. The number of carbonyl (C=O) groups is 1. The summed E-state index contributed by atoms with van der Waals surface area (Å²) in [7, 11) is 1.28. The molecular weight excluding hydrogens is 292 g/mol. The Bertz CT molecular complexity index is 499. The highest BCUT2D eigenvalue weighted by molar-refractivity contribution is 6.33. The number of hydrogen-bond donors (Lipinski definition) is 1. The van der Waals surface area contributed by atoms with E-state index in [1.54, 1.807) is 0 Å². The molecule has 0 aliphatic carbocycles. The molecule has 1 unspecified atom stereocenters. The van der Waals surface area contributed by atoms with E-state index in [0.29, 0.717) is 0 Å². The third kappa shape index (κ3) is 3.87. The van der Waals surface area contributed by atoms with Gasteiger partial charge in [-0.25, -0.2) is 4.79 Å². The molecule has 0 aromatic heterocycles. The normalized spacial score (nSPS) is 19.1. The van der Waals surface area contributed by atoms with Crippen LogP contribution in [0.15, 0.2) is 24.3 Å². The summed E-state index contributed by atoms with van der Waals surface area (Å²) >= 11 is 6.20. The number of para-hydroxylation sites is 1. The number of esters is 1. The second kappa shape index (κ2) is 6.64. The number of β-amino-alcohol motifs (C(OH)–C–C–N with tert-alkyl or cyclic N) is 1. The summed E-state index contributed by atoms with van der Waals surface area (Å²) in [5, 5.41) is 10.9. The highest BCUT2D eigenvalue weighted by Gasteiger charge is 2.34. The SMILES string of the molecule is COC(=O)C(C)(O)CN1CCN(c2ccccc2Cl)CC1. The van der Waals surface area contributed by atoms with Crippen LogP contribution < -0.4 is 4.90 Å². The van der Waals surface area contributed by atoms with E-state index in [-0.39, 0.29) is 6.54 Å². The van der Waals surface area contributed by atoms with Crippen LogP contribution in [0.4, 0.5) is 5.69 Å².